The number of halogens is 2. The van der Waals surface area contributed by atoms with Gasteiger partial charge in [0.1, 0.15) is 0 Å². The summed E-state index contributed by atoms with van der Waals surface area (Å²) in [5.74, 6) is -1.19. The number of hydrogen-bond donors (Lipinski definition) is 2. The largest absolute Gasteiger partial charge is 0.478 e. The van der Waals surface area contributed by atoms with Gasteiger partial charge in [0.2, 0.25) is 5.91 Å². The van der Waals surface area contributed by atoms with E-state index in [0.29, 0.717) is 42.3 Å². The van der Waals surface area contributed by atoms with Crippen LogP contribution in [0.3, 0.4) is 0 Å². The van der Waals surface area contributed by atoms with E-state index in [9.17, 15) is 23.5 Å². The zero-order valence-electron chi connectivity index (χ0n) is 35.0. The number of nitrogens with one attached hydrogen (secondary N) is 1. The lowest BCUT2D eigenvalue weighted by molar-refractivity contribution is -0.217. The van der Waals surface area contributed by atoms with E-state index in [1.165, 1.54) is 37.7 Å². The van der Waals surface area contributed by atoms with E-state index < -0.39 is 11.9 Å². The molecule has 7 heteroatoms. The molecule has 0 aromatic heterocycles. The Hall–Kier alpha value is -3.86. The topological polar surface area (TPSA) is 69.6 Å². The summed E-state index contributed by atoms with van der Waals surface area (Å²) in [4.78, 5) is 26.9. The fraction of sp³-hybridized carbons (Fsp3) is 0.633. The molecule has 5 nitrogen and oxygen atoms in total. The maximum absolute atomic E-state index is 13.7. The van der Waals surface area contributed by atoms with Crippen LogP contribution in [0.15, 0.2) is 43.0 Å². The van der Waals surface area contributed by atoms with Gasteiger partial charge in [0.25, 0.3) is 5.92 Å². The smallest absolute Gasteiger partial charge is 0.335 e. The molecule has 5 aliphatic carbocycles. The van der Waals surface area contributed by atoms with Gasteiger partial charge in [-0.05, 0) is 133 Å². The number of nitrogens with zero attached hydrogens (tertiary/aromatic N) is 1. The highest BCUT2D eigenvalue weighted by Crippen LogP contribution is 2.76. The number of rotatable bonds is 5. The second kappa shape index (κ2) is 18.2. The second-order valence-corrected chi connectivity index (χ2v) is 18.3. The zero-order valence-corrected chi connectivity index (χ0v) is 35.0. The van der Waals surface area contributed by atoms with Crippen molar-refractivity contribution in [2.24, 2.45) is 45.3 Å². The maximum atomic E-state index is 13.7. The summed E-state index contributed by atoms with van der Waals surface area (Å²) in [5.41, 5.74) is 3.32. The van der Waals surface area contributed by atoms with Crippen LogP contribution in [-0.2, 0) is 4.79 Å². The van der Waals surface area contributed by atoms with Crippen molar-refractivity contribution < 1.29 is 23.5 Å². The lowest BCUT2D eigenvalue weighted by Gasteiger charge is -2.72. The van der Waals surface area contributed by atoms with Crippen LogP contribution in [0.5, 0.6) is 0 Å². The minimum atomic E-state index is -2.59. The van der Waals surface area contributed by atoms with Crippen LogP contribution in [0.1, 0.15) is 135 Å². The number of carbonyl (C=O) groups excluding carboxylic acids is 1. The molecular formula is C49H68F2N2O3. The Bertz CT molecular complexity index is 1620. The SMILES string of the molecule is C#C.C#C.C#C.C=CC.CC1(C)C(c2ccc(C(=O)O)cc2)=CC[C@@]2(C)C1CC[C@]1(C)C2CC[C@@H]2C3CCC[C@]3(NC(=O)CN3CCC(F)(F)CC3)CC[C@]21C. The summed E-state index contributed by atoms with van der Waals surface area (Å²) in [6.45, 7) is 18.8. The number of carbonyl (C=O) groups is 2. The van der Waals surface area contributed by atoms with Crippen molar-refractivity contribution in [1.29, 1.82) is 0 Å². The van der Waals surface area contributed by atoms with Crippen LogP contribution in [0, 0.1) is 83.9 Å². The second-order valence-electron chi connectivity index (χ2n) is 18.3. The maximum Gasteiger partial charge on any atom is 0.335 e. The number of hydrogen-bond acceptors (Lipinski definition) is 3. The van der Waals surface area contributed by atoms with Crippen molar-refractivity contribution >= 4 is 17.4 Å². The van der Waals surface area contributed by atoms with E-state index in [4.69, 9.17) is 0 Å². The first kappa shape index (κ1) is 46.5. The molecule has 1 heterocycles. The molecule has 1 amide bonds. The lowest BCUT2D eigenvalue weighted by Crippen LogP contribution is -2.68. The average Bonchev–Trinajstić information content (AvgIpc) is 3.59. The number of allylic oxidation sites excluding steroid dienone is 3. The number of terminal acetylenes is 3. The van der Waals surface area contributed by atoms with Crippen LogP contribution < -0.4 is 5.32 Å². The van der Waals surface area contributed by atoms with E-state index in [0.717, 1.165) is 37.7 Å². The Balaban J connectivity index is 0.000000867. The summed E-state index contributed by atoms with van der Waals surface area (Å²) in [5, 5.41) is 13.0. The molecule has 6 aliphatic rings. The first-order valence-electron chi connectivity index (χ1n) is 20.5. The van der Waals surface area contributed by atoms with Crippen molar-refractivity contribution in [3.8, 4) is 38.5 Å². The van der Waals surface area contributed by atoms with Gasteiger partial charge < -0.3 is 10.4 Å². The normalized spacial score (nSPS) is 35.8. The molecule has 0 bridgehead atoms. The molecule has 7 rings (SSSR count). The number of likely N-dealkylation sites (tertiary alicyclic amines) is 1. The molecule has 0 radical (unpaired) electrons. The number of benzene rings is 1. The Morgan fingerprint density at radius 2 is 1.41 bits per heavy atom. The average molecular weight is 771 g/mol. The third-order valence-corrected chi connectivity index (χ3v) is 15.7. The molecule has 1 aromatic rings. The first-order valence-corrected chi connectivity index (χ1v) is 20.5. The van der Waals surface area contributed by atoms with Gasteiger partial charge in [0.05, 0.1) is 12.1 Å². The molecule has 1 aliphatic heterocycles. The van der Waals surface area contributed by atoms with Gasteiger partial charge in [-0.3, -0.25) is 9.69 Å². The van der Waals surface area contributed by atoms with Crippen molar-refractivity contribution in [3.05, 3.63) is 54.1 Å². The van der Waals surface area contributed by atoms with Gasteiger partial charge >= 0.3 is 5.97 Å². The Labute approximate surface area is 337 Å². The van der Waals surface area contributed by atoms with Crippen LogP contribution >= 0.6 is 0 Å². The monoisotopic (exact) mass is 771 g/mol. The number of fused-ring (bicyclic) bond motifs is 7. The number of carboxylic acid groups (broad SMARTS) is 1. The molecule has 5 fully saturated rings. The van der Waals surface area contributed by atoms with Crippen molar-refractivity contribution in [2.45, 2.75) is 130 Å². The quantitative estimate of drug-likeness (QED) is 0.231. The number of carboxylic acids is 1. The Kier molecular flexibility index (Phi) is 15.1. The molecule has 56 heavy (non-hydrogen) atoms. The zero-order chi connectivity index (χ0) is 42.3. The molecule has 1 aromatic carbocycles. The van der Waals surface area contributed by atoms with Gasteiger partial charge in [-0.25, -0.2) is 13.6 Å². The Morgan fingerprint density at radius 3 is 1.98 bits per heavy atom. The summed E-state index contributed by atoms with van der Waals surface area (Å²) in [7, 11) is 0. The van der Waals surface area contributed by atoms with Crippen molar-refractivity contribution in [2.75, 3.05) is 19.6 Å². The lowest BCUT2D eigenvalue weighted by atomic mass is 9.33. The minimum Gasteiger partial charge on any atom is -0.478 e. The molecular weight excluding hydrogens is 703 g/mol. The summed E-state index contributed by atoms with van der Waals surface area (Å²) in [6, 6.07) is 7.48. The number of amides is 1. The molecule has 2 N–H and O–H groups in total. The van der Waals surface area contributed by atoms with Crippen LogP contribution in [0.4, 0.5) is 8.78 Å². The number of piperidine rings is 1. The van der Waals surface area contributed by atoms with E-state index in [-0.39, 0.29) is 52.5 Å². The van der Waals surface area contributed by atoms with E-state index in [1.807, 2.05) is 24.0 Å². The first-order chi connectivity index (χ1) is 26.5. The van der Waals surface area contributed by atoms with E-state index in [1.54, 1.807) is 18.2 Å². The van der Waals surface area contributed by atoms with Crippen LogP contribution in [0.25, 0.3) is 5.57 Å². The number of alkyl halides is 2. The van der Waals surface area contributed by atoms with Gasteiger partial charge in [-0.1, -0.05) is 65.3 Å². The fourth-order valence-corrected chi connectivity index (χ4v) is 13.2. The highest BCUT2D eigenvalue weighted by atomic mass is 19.3. The highest BCUT2D eigenvalue weighted by molar-refractivity contribution is 5.88. The van der Waals surface area contributed by atoms with Crippen molar-refractivity contribution in [1.82, 2.24) is 10.2 Å². The Morgan fingerprint density at radius 1 is 0.821 bits per heavy atom. The molecule has 8 atom stereocenters. The van der Waals surface area contributed by atoms with Crippen molar-refractivity contribution in [3.63, 3.8) is 0 Å². The standard InChI is InChI=1S/C40H56F2N2O3.C3H6.3C2H2/c1-35(2)28(26-8-10-27(11-9-26)34(46)47)14-17-36(3)31(35)15-18-38(5)32(36)13-12-29-30-7-6-16-39(30,20-19-37(29,38)4)43-33(45)25-44-23-21-40(41,42)22-24-44;1-3-2;3*1-2/h8-11,14,29-32H,6-7,12-13,15-25H2,1-5H3,(H,43,45)(H,46,47);3H,1H2,2H3;3*1-2H/t29-,30?,31?,32?,36+,37-,38-,39+;;;;/m1..../s1. The van der Waals surface area contributed by atoms with Crippen LogP contribution in [0.2, 0.25) is 0 Å². The molecule has 4 saturated carbocycles. The predicted octanol–water partition coefficient (Wildman–Crippen LogP) is 10.8. The number of aromatic carboxylic acids is 1. The molecule has 3 unspecified atom stereocenters. The van der Waals surface area contributed by atoms with Crippen LogP contribution in [-0.4, -0.2) is 53.0 Å². The highest BCUT2D eigenvalue weighted by Gasteiger charge is 2.69. The third-order valence-electron chi connectivity index (χ3n) is 15.7. The van der Waals surface area contributed by atoms with Gasteiger partial charge in [-0.15, -0.1) is 45.1 Å². The van der Waals surface area contributed by atoms with E-state index >= 15 is 0 Å². The van der Waals surface area contributed by atoms with E-state index in [2.05, 4.69) is 91.1 Å². The molecule has 1 saturated heterocycles. The summed E-state index contributed by atoms with van der Waals surface area (Å²) < 4.78 is 27.5. The van der Waals surface area contributed by atoms with Gasteiger partial charge in [0, 0.05) is 31.5 Å². The third kappa shape index (κ3) is 8.25. The van der Waals surface area contributed by atoms with Gasteiger partial charge in [-0.2, -0.15) is 0 Å². The fourth-order valence-electron chi connectivity index (χ4n) is 13.2. The summed E-state index contributed by atoms with van der Waals surface area (Å²) in [6.07, 6.45) is 39.4. The summed E-state index contributed by atoms with van der Waals surface area (Å²) >= 11 is 0. The molecule has 0 spiro atoms. The minimum absolute atomic E-state index is 0.0153. The predicted molar refractivity (Wildman–Crippen MR) is 227 cm³/mol. The molecule has 306 valence electrons. The van der Waals surface area contributed by atoms with Gasteiger partial charge in [0.15, 0.2) is 0 Å².